The minimum Gasteiger partial charge on any atom is -0.480 e. The number of hydrogen-bond acceptors (Lipinski definition) is 8. The van der Waals surface area contributed by atoms with Crippen LogP contribution >= 0.6 is 0 Å². The van der Waals surface area contributed by atoms with E-state index in [9.17, 15) is 29.1 Å². The van der Waals surface area contributed by atoms with Crippen molar-refractivity contribution >= 4 is 40.5 Å². The van der Waals surface area contributed by atoms with Gasteiger partial charge in [-0.1, -0.05) is 18.2 Å². The SMILES string of the molecule is C[C@@H](O)[C@H](N)C(=O)N1CCC[C@H]1C(=O)N[C@@H](Cc1c[nH]c2ccccc12)C(=O)NCC(=O)N[C@@H](CO)C(=O)O. The summed E-state index contributed by atoms with van der Waals surface area (Å²) >= 11 is 0. The van der Waals surface area contributed by atoms with Gasteiger partial charge in [-0.2, -0.15) is 0 Å². The Morgan fingerprint density at radius 2 is 1.87 bits per heavy atom. The Labute approximate surface area is 223 Å². The van der Waals surface area contributed by atoms with Crippen LogP contribution in [-0.4, -0.2) is 105 Å². The van der Waals surface area contributed by atoms with Gasteiger partial charge in [0.15, 0.2) is 0 Å². The fourth-order valence-electron chi connectivity index (χ4n) is 4.42. The highest BCUT2D eigenvalue weighted by molar-refractivity contribution is 5.95. The van der Waals surface area contributed by atoms with E-state index < -0.39 is 73.0 Å². The number of aliphatic hydroxyl groups excluding tert-OH is 2. The molecule has 9 N–H and O–H groups in total. The number of likely N-dealkylation sites (tertiary alicyclic amines) is 1. The van der Waals surface area contributed by atoms with Gasteiger partial charge in [-0.05, 0) is 31.4 Å². The number of aromatic amines is 1. The van der Waals surface area contributed by atoms with E-state index in [4.69, 9.17) is 15.9 Å². The number of H-pyrrole nitrogens is 1. The van der Waals surface area contributed by atoms with Crippen LogP contribution in [0.1, 0.15) is 25.3 Å². The van der Waals surface area contributed by atoms with E-state index in [-0.39, 0.29) is 13.0 Å². The second-order valence-corrected chi connectivity index (χ2v) is 9.44. The minimum absolute atomic E-state index is 0.0471. The Bertz CT molecular complexity index is 1210. The average molecular weight is 547 g/mol. The molecule has 1 aliphatic heterocycles. The van der Waals surface area contributed by atoms with Crippen molar-refractivity contribution in [1.82, 2.24) is 25.8 Å². The zero-order chi connectivity index (χ0) is 28.7. The van der Waals surface area contributed by atoms with Crippen LogP contribution in [-0.2, 0) is 30.4 Å². The van der Waals surface area contributed by atoms with Gasteiger partial charge in [-0.25, -0.2) is 4.79 Å². The molecule has 0 saturated carbocycles. The molecule has 0 radical (unpaired) electrons. The number of nitrogens with zero attached hydrogens (tertiary/aromatic N) is 1. The normalized spacial score (nSPS) is 18.2. The summed E-state index contributed by atoms with van der Waals surface area (Å²) in [5.74, 6) is -4.16. The predicted octanol–water partition coefficient (Wildman–Crippen LogP) is -2.43. The topological polar surface area (TPSA) is 227 Å². The molecular formula is C25H34N6O8. The molecule has 14 heteroatoms. The van der Waals surface area contributed by atoms with E-state index in [0.717, 1.165) is 16.5 Å². The van der Waals surface area contributed by atoms with Crippen molar-refractivity contribution in [2.75, 3.05) is 19.7 Å². The number of aromatic nitrogens is 1. The maximum absolute atomic E-state index is 13.3. The first kappa shape index (κ1) is 29.5. The highest BCUT2D eigenvalue weighted by Gasteiger charge is 2.38. The second-order valence-electron chi connectivity index (χ2n) is 9.44. The summed E-state index contributed by atoms with van der Waals surface area (Å²) in [5, 5.41) is 35.8. The third-order valence-corrected chi connectivity index (χ3v) is 6.61. The van der Waals surface area contributed by atoms with Crippen LogP contribution in [0.15, 0.2) is 30.5 Å². The van der Waals surface area contributed by atoms with Crippen molar-refractivity contribution in [3.63, 3.8) is 0 Å². The number of nitrogens with two attached hydrogens (primary N) is 1. The number of aliphatic carboxylic acids is 1. The number of carboxylic acids is 1. The zero-order valence-electron chi connectivity index (χ0n) is 21.4. The van der Waals surface area contributed by atoms with Gasteiger partial charge in [0.05, 0.1) is 19.3 Å². The lowest BCUT2D eigenvalue weighted by molar-refractivity contribution is -0.142. The number of carbonyl (C=O) groups excluding carboxylic acids is 4. The monoisotopic (exact) mass is 546 g/mol. The lowest BCUT2D eigenvalue weighted by Crippen LogP contribution is -2.57. The number of benzene rings is 1. The molecule has 39 heavy (non-hydrogen) atoms. The second kappa shape index (κ2) is 13.2. The summed E-state index contributed by atoms with van der Waals surface area (Å²) < 4.78 is 0. The van der Waals surface area contributed by atoms with Gasteiger partial charge < -0.3 is 46.9 Å². The first-order valence-electron chi connectivity index (χ1n) is 12.5. The third-order valence-electron chi connectivity index (χ3n) is 6.61. The molecule has 0 unspecified atom stereocenters. The smallest absolute Gasteiger partial charge is 0.328 e. The van der Waals surface area contributed by atoms with E-state index in [2.05, 4.69) is 20.9 Å². The fraction of sp³-hybridized carbons (Fsp3) is 0.480. The van der Waals surface area contributed by atoms with E-state index >= 15 is 0 Å². The van der Waals surface area contributed by atoms with E-state index in [1.807, 2.05) is 24.3 Å². The van der Waals surface area contributed by atoms with Crippen molar-refractivity contribution < 1.29 is 39.3 Å². The maximum Gasteiger partial charge on any atom is 0.328 e. The van der Waals surface area contributed by atoms with E-state index in [0.29, 0.717) is 12.8 Å². The first-order chi connectivity index (χ1) is 18.5. The number of carbonyl (C=O) groups is 5. The summed E-state index contributed by atoms with van der Waals surface area (Å²) in [6, 6.07) is 2.58. The molecule has 4 amide bonds. The van der Waals surface area contributed by atoms with Crippen molar-refractivity contribution in [3.05, 3.63) is 36.0 Å². The molecule has 1 aliphatic rings. The van der Waals surface area contributed by atoms with Crippen LogP contribution in [0.3, 0.4) is 0 Å². The Hall–Kier alpha value is -4.01. The van der Waals surface area contributed by atoms with Gasteiger partial charge in [0.2, 0.25) is 23.6 Å². The molecule has 1 saturated heterocycles. The van der Waals surface area contributed by atoms with Crippen LogP contribution in [0.5, 0.6) is 0 Å². The number of nitrogens with one attached hydrogen (secondary N) is 4. The summed E-state index contributed by atoms with van der Waals surface area (Å²) in [5.41, 5.74) is 7.33. The Balaban J connectivity index is 1.76. The van der Waals surface area contributed by atoms with Crippen molar-refractivity contribution in [1.29, 1.82) is 0 Å². The van der Waals surface area contributed by atoms with Gasteiger partial charge in [-0.15, -0.1) is 0 Å². The fourth-order valence-corrected chi connectivity index (χ4v) is 4.42. The molecule has 1 fully saturated rings. The van der Waals surface area contributed by atoms with Crippen LogP contribution in [0.4, 0.5) is 0 Å². The lowest BCUT2D eigenvalue weighted by atomic mass is 10.0. The predicted molar refractivity (Wildman–Crippen MR) is 138 cm³/mol. The number of carboxylic acid groups (broad SMARTS) is 1. The third kappa shape index (κ3) is 7.31. The van der Waals surface area contributed by atoms with Gasteiger partial charge >= 0.3 is 5.97 Å². The number of hydrogen-bond donors (Lipinski definition) is 8. The number of amides is 4. The molecule has 0 spiro atoms. The number of aliphatic hydroxyl groups is 2. The maximum atomic E-state index is 13.3. The van der Waals surface area contributed by atoms with Gasteiger partial charge in [0.25, 0.3) is 0 Å². The molecule has 2 aromatic rings. The molecule has 2 heterocycles. The quantitative estimate of drug-likeness (QED) is 0.141. The summed E-state index contributed by atoms with van der Waals surface area (Å²) in [4.78, 5) is 66.7. The molecule has 0 bridgehead atoms. The summed E-state index contributed by atoms with van der Waals surface area (Å²) in [7, 11) is 0. The molecule has 1 aromatic heterocycles. The number of fused-ring (bicyclic) bond motifs is 1. The minimum atomic E-state index is -1.53. The standard InChI is InChI=1S/C25H34N6O8/c1-13(33)21(26)24(37)31-8-4-7-19(31)23(36)30-17(9-14-10-27-16-6-3-2-5-15(14)16)22(35)28-11-20(34)29-18(12-32)25(38)39/h2-3,5-6,10,13,17-19,21,27,32-33H,4,7-9,11-12,26H2,1H3,(H,28,35)(H,29,34)(H,30,36)(H,38,39)/t13-,17+,18+,19+,21+/m1/s1. The van der Waals surface area contributed by atoms with E-state index in [1.165, 1.54) is 11.8 Å². The Morgan fingerprint density at radius 3 is 2.54 bits per heavy atom. The van der Waals surface area contributed by atoms with Gasteiger partial charge in [0.1, 0.15) is 24.2 Å². The van der Waals surface area contributed by atoms with Crippen LogP contribution in [0.2, 0.25) is 0 Å². The first-order valence-corrected chi connectivity index (χ1v) is 12.5. The van der Waals surface area contributed by atoms with Gasteiger partial charge in [-0.3, -0.25) is 19.2 Å². The van der Waals surface area contributed by atoms with Crippen LogP contribution < -0.4 is 21.7 Å². The van der Waals surface area contributed by atoms with Crippen LogP contribution in [0, 0.1) is 0 Å². The highest BCUT2D eigenvalue weighted by atomic mass is 16.4. The Morgan fingerprint density at radius 1 is 1.15 bits per heavy atom. The van der Waals surface area contributed by atoms with Crippen molar-refractivity contribution in [3.8, 4) is 0 Å². The lowest BCUT2D eigenvalue weighted by Gasteiger charge is -2.29. The average Bonchev–Trinajstić information content (AvgIpc) is 3.56. The summed E-state index contributed by atoms with van der Waals surface area (Å²) in [6.07, 6.45) is 1.51. The largest absolute Gasteiger partial charge is 0.480 e. The molecule has 1 aromatic carbocycles. The van der Waals surface area contributed by atoms with Crippen molar-refractivity contribution in [2.24, 2.45) is 5.73 Å². The molecule has 212 valence electrons. The van der Waals surface area contributed by atoms with Gasteiger partial charge in [0, 0.05) is 30.1 Å². The molecular weight excluding hydrogens is 512 g/mol. The molecule has 3 rings (SSSR count). The molecule has 5 atom stereocenters. The number of para-hydroxylation sites is 1. The van der Waals surface area contributed by atoms with E-state index in [1.54, 1.807) is 6.20 Å². The van der Waals surface area contributed by atoms with Crippen molar-refractivity contribution in [2.45, 2.75) is 56.5 Å². The molecule has 14 nitrogen and oxygen atoms in total. The zero-order valence-corrected chi connectivity index (χ0v) is 21.4. The summed E-state index contributed by atoms with van der Waals surface area (Å²) in [6.45, 7) is 0.223. The van der Waals surface area contributed by atoms with Crippen LogP contribution in [0.25, 0.3) is 10.9 Å². The molecule has 0 aliphatic carbocycles. The Kier molecular flexibility index (Phi) is 9.98. The highest BCUT2D eigenvalue weighted by Crippen LogP contribution is 2.21. The number of rotatable bonds is 12.